The molecule has 134 valence electrons. The predicted molar refractivity (Wildman–Crippen MR) is 92.6 cm³/mol. The lowest BCUT2D eigenvalue weighted by atomic mass is 10.1. The number of ether oxygens (including phenoxy) is 1. The summed E-state index contributed by atoms with van der Waals surface area (Å²) in [5.74, 6) is 0.297. The zero-order chi connectivity index (χ0) is 16.8. The van der Waals surface area contributed by atoms with Gasteiger partial charge < -0.3 is 9.64 Å². The van der Waals surface area contributed by atoms with Gasteiger partial charge in [0.25, 0.3) is 0 Å². The van der Waals surface area contributed by atoms with Gasteiger partial charge in [-0.3, -0.25) is 14.4 Å². The third-order valence-corrected chi connectivity index (χ3v) is 5.06. The van der Waals surface area contributed by atoms with Gasteiger partial charge in [-0.15, -0.1) is 0 Å². The fourth-order valence-corrected chi connectivity index (χ4v) is 3.61. The van der Waals surface area contributed by atoms with Crippen molar-refractivity contribution in [3.8, 4) is 0 Å². The first kappa shape index (κ1) is 17.4. The van der Waals surface area contributed by atoms with Crippen molar-refractivity contribution in [2.75, 3.05) is 32.8 Å². The molecule has 24 heavy (non-hydrogen) atoms. The summed E-state index contributed by atoms with van der Waals surface area (Å²) in [6.45, 7) is 8.52. The van der Waals surface area contributed by atoms with Crippen LogP contribution in [0.3, 0.4) is 0 Å². The van der Waals surface area contributed by atoms with Crippen molar-refractivity contribution >= 4 is 5.91 Å². The fourth-order valence-electron chi connectivity index (χ4n) is 3.61. The summed E-state index contributed by atoms with van der Waals surface area (Å²) in [6.07, 6.45) is 9.22. The Morgan fingerprint density at radius 2 is 2.21 bits per heavy atom. The summed E-state index contributed by atoms with van der Waals surface area (Å²) in [6, 6.07) is 0. The molecule has 3 heterocycles. The molecule has 1 unspecified atom stereocenters. The summed E-state index contributed by atoms with van der Waals surface area (Å²) in [5, 5.41) is 4.34. The first-order valence-electron chi connectivity index (χ1n) is 9.37. The molecule has 0 spiro atoms. The predicted octanol–water partition coefficient (Wildman–Crippen LogP) is 1.90. The standard InChI is InChI=1S/C18H30N4O2/c1-2-22-15-16(13-19-22)14-20-8-4-9-21(11-10-20)18(23)7-6-17-5-3-12-24-17/h13,15,17H,2-12,14H2,1H3. The number of carbonyl (C=O) groups is 1. The van der Waals surface area contributed by atoms with E-state index < -0.39 is 0 Å². The third kappa shape index (κ3) is 4.80. The highest BCUT2D eigenvalue weighted by molar-refractivity contribution is 5.76. The quantitative estimate of drug-likeness (QED) is 0.797. The number of amides is 1. The highest BCUT2D eigenvalue weighted by Gasteiger charge is 2.22. The van der Waals surface area contributed by atoms with Gasteiger partial charge in [0.2, 0.25) is 5.91 Å². The second-order valence-corrected chi connectivity index (χ2v) is 6.89. The van der Waals surface area contributed by atoms with Crippen LogP contribution >= 0.6 is 0 Å². The Morgan fingerprint density at radius 1 is 1.29 bits per heavy atom. The first-order valence-corrected chi connectivity index (χ1v) is 9.37. The third-order valence-electron chi connectivity index (χ3n) is 5.06. The Kier molecular flexibility index (Phi) is 6.26. The van der Waals surface area contributed by atoms with E-state index in [1.165, 1.54) is 5.56 Å². The SMILES string of the molecule is CCn1cc(CN2CCCN(C(=O)CCC3CCCO3)CC2)cn1. The summed E-state index contributed by atoms with van der Waals surface area (Å²) in [4.78, 5) is 16.9. The molecule has 6 nitrogen and oxygen atoms in total. The van der Waals surface area contributed by atoms with E-state index >= 15 is 0 Å². The molecule has 1 atom stereocenters. The average molecular weight is 334 g/mol. The van der Waals surface area contributed by atoms with Crippen molar-refractivity contribution in [2.45, 2.75) is 58.2 Å². The topological polar surface area (TPSA) is 50.6 Å². The van der Waals surface area contributed by atoms with Crippen LogP contribution in [0, 0.1) is 0 Å². The average Bonchev–Trinajstić information content (AvgIpc) is 3.21. The van der Waals surface area contributed by atoms with Crippen LogP contribution in [-0.2, 0) is 22.6 Å². The normalized spacial score (nSPS) is 22.7. The maximum absolute atomic E-state index is 12.5. The second-order valence-electron chi connectivity index (χ2n) is 6.89. The smallest absolute Gasteiger partial charge is 0.222 e. The molecule has 2 fully saturated rings. The number of hydrogen-bond donors (Lipinski definition) is 0. The summed E-state index contributed by atoms with van der Waals surface area (Å²) >= 11 is 0. The minimum atomic E-state index is 0.297. The van der Waals surface area contributed by atoms with Crippen LogP contribution in [0.4, 0.5) is 0 Å². The molecule has 1 aromatic rings. The molecule has 3 rings (SSSR count). The Balaban J connectivity index is 1.42. The molecular formula is C18H30N4O2. The Bertz CT molecular complexity index is 525. The van der Waals surface area contributed by atoms with Crippen molar-refractivity contribution < 1.29 is 9.53 Å². The molecule has 0 N–H and O–H groups in total. The number of aromatic nitrogens is 2. The van der Waals surface area contributed by atoms with Crippen LogP contribution < -0.4 is 0 Å². The lowest BCUT2D eigenvalue weighted by Crippen LogP contribution is -2.35. The van der Waals surface area contributed by atoms with Crippen LogP contribution in [0.2, 0.25) is 0 Å². The number of aryl methyl sites for hydroxylation is 1. The Hall–Kier alpha value is -1.40. The van der Waals surface area contributed by atoms with Gasteiger partial charge in [0, 0.05) is 64.1 Å². The van der Waals surface area contributed by atoms with E-state index in [2.05, 4.69) is 23.1 Å². The van der Waals surface area contributed by atoms with Crippen LogP contribution in [0.15, 0.2) is 12.4 Å². The molecular weight excluding hydrogens is 304 g/mol. The molecule has 0 aliphatic carbocycles. The van der Waals surface area contributed by atoms with E-state index in [4.69, 9.17) is 4.74 Å². The second kappa shape index (κ2) is 8.62. The monoisotopic (exact) mass is 334 g/mol. The van der Waals surface area contributed by atoms with Crippen LogP contribution in [0.5, 0.6) is 0 Å². The lowest BCUT2D eigenvalue weighted by Gasteiger charge is -2.22. The van der Waals surface area contributed by atoms with E-state index in [9.17, 15) is 4.79 Å². The zero-order valence-corrected chi connectivity index (χ0v) is 14.8. The van der Waals surface area contributed by atoms with Crippen molar-refractivity contribution in [2.24, 2.45) is 0 Å². The van der Waals surface area contributed by atoms with Gasteiger partial charge in [-0.05, 0) is 32.6 Å². The Labute approximate surface area is 144 Å². The highest BCUT2D eigenvalue weighted by atomic mass is 16.5. The molecule has 0 aromatic carbocycles. The van der Waals surface area contributed by atoms with E-state index in [1.54, 1.807) is 0 Å². The summed E-state index contributed by atoms with van der Waals surface area (Å²) < 4.78 is 7.59. The van der Waals surface area contributed by atoms with Crippen LogP contribution in [-0.4, -0.2) is 64.4 Å². The molecule has 0 radical (unpaired) electrons. The van der Waals surface area contributed by atoms with E-state index in [0.717, 1.165) is 71.6 Å². The van der Waals surface area contributed by atoms with Gasteiger partial charge in [-0.2, -0.15) is 5.10 Å². The van der Waals surface area contributed by atoms with Gasteiger partial charge in [0.15, 0.2) is 0 Å². The van der Waals surface area contributed by atoms with Gasteiger partial charge in [0.05, 0.1) is 12.3 Å². The fraction of sp³-hybridized carbons (Fsp3) is 0.778. The molecule has 0 bridgehead atoms. The summed E-state index contributed by atoms with van der Waals surface area (Å²) in [5.41, 5.74) is 1.26. The maximum atomic E-state index is 12.5. The molecule has 6 heteroatoms. The number of rotatable bonds is 6. The maximum Gasteiger partial charge on any atom is 0.222 e. The first-order chi connectivity index (χ1) is 11.7. The summed E-state index contributed by atoms with van der Waals surface area (Å²) in [7, 11) is 0. The van der Waals surface area contributed by atoms with E-state index in [-0.39, 0.29) is 0 Å². The number of carbonyl (C=O) groups excluding carboxylic acids is 1. The molecule has 2 saturated heterocycles. The Morgan fingerprint density at radius 3 is 2.96 bits per heavy atom. The largest absolute Gasteiger partial charge is 0.378 e. The molecule has 2 aliphatic heterocycles. The number of hydrogen-bond acceptors (Lipinski definition) is 4. The molecule has 0 saturated carbocycles. The van der Waals surface area contributed by atoms with E-state index in [1.807, 2.05) is 15.8 Å². The van der Waals surface area contributed by atoms with Gasteiger partial charge in [0.1, 0.15) is 0 Å². The minimum absolute atomic E-state index is 0.297. The van der Waals surface area contributed by atoms with Crippen molar-refractivity contribution in [3.63, 3.8) is 0 Å². The van der Waals surface area contributed by atoms with Crippen molar-refractivity contribution in [3.05, 3.63) is 18.0 Å². The van der Waals surface area contributed by atoms with Crippen LogP contribution in [0.1, 0.15) is 44.6 Å². The van der Waals surface area contributed by atoms with Crippen LogP contribution in [0.25, 0.3) is 0 Å². The minimum Gasteiger partial charge on any atom is -0.378 e. The van der Waals surface area contributed by atoms with Gasteiger partial charge >= 0.3 is 0 Å². The zero-order valence-electron chi connectivity index (χ0n) is 14.8. The van der Waals surface area contributed by atoms with Crippen molar-refractivity contribution in [1.82, 2.24) is 19.6 Å². The molecule has 1 aromatic heterocycles. The highest BCUT2D eigenvalue weighted by Crippen LogP contribution is 2.18. The lowest BCUT2D eigenvalue weighted by molar-refractivity contribution is -0.131. The van der Waals surface area contributed by atoms with Gasteiger partial charge in [-0.25, -0.2) is 0 Å². The van der Waals surface area contributed by atoms with Gasteiger partial charge in [-0.1, -0.05) is 0 Å². The molecule has 2 aliphatic rings. The van der Waals surface area contributed by atoms with Crippen molar-refractivity contribution in [1.29, 1.82) is 0 Å². The van der Waals surface area contributed by atoms with E-state index in [0.29, 0.717) is 18.4 Å². The molecule has 1 amide bonds. The number of nitrogens with zero attached hydrogens (tertiary/aromatic N) is 4.